The highest BCUT2D eigenvalue weighted by Crippen LogP contribution is 2.42. The molecule has 1 amide bonds. The first kappa shape index (κ1) is 13.2. The van der Waals surface area contributed by atoms with Gasteiger partial charge < -0.3 is 4.90 Å². The molecule has 20 heavy (non-hydrogen) atoms. The molecule has 102 valence electrons. The van der Waals surface area contributed by atoms with E-state index in [-0.39, 0.29) is 16.5 Å². The van der Waals surface area contributed by atoms with Crippen molar-refractivity contribution in [3.63, 3.8) is 0 Å². The van der Waals surface area contributed by atoms with Crippen molar-refractivity contribution in [2.75, 3.05) is 7.05 Å². The summed E-state index contributed by atoms with van der Waals surface area (Å²) in [5.41, 5.74) is 2.29. The normalized spacial score (nSPS) is 22.2. The molecule has 1 saturated heterocycles. The lowest BCUT2D eigenvalue weighted by atomic mass is 10.1. The van der Waals surface area contributed by atoms with Gasteiger partial charge in [-0.15, -0.1) is 11.8 Å². The van der Waals surface area contributed by atoms with E-state index in [9.17, 15) is 4.79 Å². The molecule has 0 radical (unpaired) electrons. The third kappa shape index (κ3) is 2.56. The first-order valence-corrected chi connectivity index (χ1v) is 7.56. The predicted molar refractivity (Wildman–Crippen MR) is 81.3 cm³/mol. The second-order valence-corrected chi connectivity index (χ2v) is 6.19. The summed E-state index contributed by atoms with van der Waals surface area (Å²) in [6.07, 6.45) is 4.38. The zero-order chi connectivity index (χ0) is 13.9. The molecule has 2 atom stereocenters. The fourth-order valence-electron chi connectivity index (χ4n) is 2.44. The Kier molecular flexibility index (Phi) is 3.74. The van der Waals surface area contributed by atoms with Crippen LogP contribution >= 0.6 is 11.8 Å². The summed E-state index contributed by atoms with van der Waals surface area (Å²) in [5.74, 6) is 0.202. The summed E-state index contributed by atoms with van der Waals surface area (Å²) in [7, 11) is 1.87. The minimum absolute atomic E-state index is 0.00685. The molecule has 0 aliphatic carbocycles. The van der Waals surface area contributed by atoms with E-state index in [0.29, 0.717) is 0 Å². The van der Waals surface area contributed by atoms with Gasteiger partial charge >= 0.3 is 0 Å². The molecule has 2 aromatic rings. The summed E-state index contributed by atoms with van der Waals surface area (Å²) < 4.78 is 0. The quantitative estimate of drug-likeness (QED) is 0.869. The van der Waals surface area contributed by atoms with Crippen LogP contribution in [0.25, 0.3) is 0 Å². The maximum Gasteiger partial charge on any atom is 0.237 e. The minimum atomic E-state index is -0.00685. The predicted octanol–water partition coefficient (Wildman–Crippen LogP) is 2.90. The third-order valence-corrected chi connectivity index (χ3v) is 5.04. The molecule has 0 bridgehead atoms. The first-order chi connectivity index (χ1) is 9.75. The SMILES string of the molecule is CN1C(=O)[C@H](Cc2ccccc2)S[C@@H]1c1cccnc1. The monoisotopic (exact) mass is 284 g/mol. The second-order valence-electron chi connectivity index (χ2n) is 4.90. The van der Waals surface area contributed by atoms with Crippen LogP contribution in [0.2, 0.25) is 0 Å². The topological polar surface area (TPSA) is 33.2 Å². The molecule has 1 fully saturated rings. The molecule has 0 saturated carbocycles. The Morgan fingerprint density at radius 1 is 1.20 bits per heavy atom. The van der Waals surface area contributed by atoms with Crippen LogP contribution in [-0.2, 0) is 11.2 Å². The van der Waals surface area contributed by atoms with Gasteiger partial charge in [-0.3, -0.25) is 9.78 Å². The molecule has 1 aromatic carbocycles. The van der Waals surface area contributed by atoms with Crippen molar-refractivity contribution in [2.24, 2.45) is 0 Å². The number of pyridine rings is 1. The fourth-order valence-corrected chi connectivity index (χ4v) is 3.90. The van der Waals surface area contributed by atoms with E-state index in [1.807, 2.05) is 48.5 Å². The van der Waals surface area contributed by atoms with Crippen molar-refractivity contribution in [1.29, 1.82) is 0 Å². The molecule has 1 aromatic heterocycles. The Morgan fingerprint density at radius 3 is 2.70 bits per heavy atom. The summed E-state index contributed by atoms with van der Waals surface area (Å²) in [6.45, 7) is 0. The molecule has 0 unspecified atom stereocenters. The van der Waals surface area contributed by atoms with Gasteiger partial charge in [-0.2, -0.15) is 0 Å². The summed E-state index contributed by atoms with van der Waals surface area (Å²) in [6, 6.07) is 14.1. The van der Waals surface area contributed by atoms with Crippen molar-refractivity contribution >= 4 is 17.7 Å². The van der Waals surface area contributed by atoms with Gasteiger partial charge in [0.2, 0.25) is 5.91 Å². The van der Waals surface area contributed by atoms with Crippen molar-refractivity contribution in [2.45, 2.75) is 17.0 Å². The largest absolute Gasteiger partial charge is 0.329 e. The van der Waals surface area contributed by atoms with E-state index < -0.39 is 0 Å². The van der Waals surface area contributed by atoms with Crippen LogP contribution in [0.5, 0.6) is 0 Å². The van der Waals surface area contributed by atoms with Crippen LogP contribution < -0.4 is 0 Å². The van der Waals surface area contributed by atoms with Gasteiger partial charge in [-0.25, -0.2) is 0 Å². The van der Waals surface area contributed by atoms with Crippen molar-refractivity contribution in [1.82, 2.24) is 9.88 Å². The Labute approximate surface area is 123 Å². The zero-order valence-corrected chi connectivity index (χ0v) is 12.1. The van der Waals surface area contributed by atoms with Crippen molar-refractivity contribution in [3.8, 4) is 0 Å². The summed E-state index contributed by atoms with van der Waals surface area (Å²) in [4.78, 5) is 18.4. The maximum atomic E-state index is 12.4. The highest BCUT2D eigenvalue weighted by atomic mass is 32.2. The third-order valence-electron chi connectivity index (χ3n) is 3.50. The van der Waals surface area contributed by atoms with E-state index in [1.165, 1.54) is 5.56 Å². The van der Waals surface area contributed by atoms with Gasteiger partial charge in [0.1, 0.15) is 5.37 Å². The van der Waals surface area contributed by atoms with Gasteiger partial charge in [0.25, 0.3) is 0 Å². The molecule has 0 N–H and O–H groups in total. The van der Waals surface area contributed by atoms with Gasteiger partial charge in [0, 0.05) is 25.0 Å². The van der Waals surface area contributed by atoms with Gasteiger partial charge in [-0.1, -0.05) is 36.4 Å². The lowest BCUT2D eigenvalue weighted by Gasteiger charge is -2.18. The number of rotatable bonds is 3. The van der Waals surface area contributed by atoms with Gasteiger partial charge in [0.05, 0.1) is 5.25 Å². The number of nitrogens with zero attached hydrogens (tertiary/aromatic N) is 2. The van der Waals surface area contributed by atoms with Crippen LogP contribution in [0.1, 0.15) is 16.5 Å². The Hall–Kier alpha value is -1.81. The Bertz CT molecular complexity index is 588. The number of benzene rings is 1. The van der Waals surface area contributed by atoms with Crippen LogP contribution in [0.4, 0.5) is 0 Å². The zero-order valence-electron chi connectivity index (χ0n) is 11.3. The minimum Gasteiger partial charge on any atom is -0.329 e. The summed E-state index contributed by atoms with van der Waals surface area (Å²) >= 11 is 1.71. The van der Waals surface area contributed by atoms with Gasteiger partial charge in [0.15, 0.2) is 0 Å². The van der Waals surface area contributed by atoms with Crippen LogP contribution in [0.15, 0.2) is 54.9 Å². The molecule has 3 nitrogen and oxygen atoms in total. The highest BCUT2D eigenvalue weighted by Gasteiger charge is 2.38. The number of hydrogen-bond donors (Lipinski definition) is 0. The average Bonchev–Trinajstić information content (AvgIpc) is 2.78. The maximum absolute atomic E-state index is 12.4. The smallest absolute Gasteiger partial charge is 0.237 e. The number of amides is 1. The second kappa shape index (κ2) is 5.67. The first-order valence-electron chi connectivity index (χ1n) is 6.61. The lowest BCUT2D eigenvalue weighted by molar-refractivity contribution is -0.128. The molecular formula is C16H16N2OS. The fraction of sp³-hybridized carbons (Fsp3) is 0.250. The number of carbonyl (C=O) groups excluding carboxylic acids is 1. The van der Waals surface area contributed by atoms with E-state index in [2.05, 4.69) is 17.1 Å². The average molecular weight is 284 g/mol. The van der Waals surface area contributed by atoms with Crippen molar-refractivity contribution in [3.05, 3.63) is 66.0 Å². The summed E-state index contributed by atoms with van der Waals surface area (Å²) in [5, 5.41) is 0.0671. The number of hydrogen-bond acceptors (Lipinski definition) is 3. The van der Waals surface area contributed by atoms with E-state index in [0.717, 1.165) is 12.0 Å². The number of thioether (sulfide) groups is 1. The van der Waals surface area contributed by atoms with Crippen LogP contribution in [0, 0.1) is 0 Å². The molecule has 0 spiro atoms. The van der Waals surface area contributed by atoms with E-state index >= 15 is 0 Å². The van der Waals surface area contributed by atoms with E-state index in [1.54, 1.807) is 18.0 Å². The molecule has 1 aliphatic rings. The molecule has 3 rings (SSSR count). The molecule has 2 heterocycles. The lowest BCUT2D eigenvalue weighted by Crippen LogP contribution is -2.28. The van der Waals surface area contributed by atoms with E-state index in [4.69, 9.17) is 0 Å². The standard InChI is InChI=1S/C16H16N2OS/c1-18-15(19)14(10-12-6-3-2-4-7-12)20-16(18)13-8-5-9-17-11-13/h2-9,11,14,16H,10H2,1H3/t14-,16+/m0/s1. The van der Waals surface area contributed by atoms with Crippen LogP contribution in [0.3, 0.4) is 0 Å². The Balaban J connectivity index is 1.77. The number of aromatic nitrogens is 1. The molecule has 1 aliphatic heterocycles. The molecular weight excluding hydrogens is 268 g/mol. The molecule has 4 heteroatoms. The van der Waals surface area contributed by atoms with Crippen LogP contribution in [-0.4, -0.2) is 28.1 Å². The number of carbonyl (C=O) groups is 1. The van der Waals surface area contributed by atoms with Crippen molar-refractivity contribution < 1.29 is 4.79 Å². The van der Waals surface area contributed by atoms with Gasteiger partial charge in [-0.05, 0) is 18.1 Å². The Morgan fingerprint density at radius 2 is 2.00 bits per heavy atom. The highest BCUT2D eigenvalue weighted by molar-refractivity contribution is 8.01.